The second-order valence-corrected chi connectivity index (χ2v) is 6.14. The Labute approximate surface area is 169 Å². The van der Waals surface area contributed by atoms with Gasteiger partial charge in [-0.25, -0.2) is 0 Å². The van der Waals surface area contributed by atoms with Crippen molar-refractivity contribution in [2.24, 2.45) is 0 Å². The van der Waals surface area contributed by atoms with E-state index in [-0.39, 0.29) is 18.4 Å². The summed E-state index contributed by atoms with van der Waals surface area (Å²) < 4.78 is 10.8. The predicted octanol–water partition coefficient (Wildman–Crippen LogP) is 4.36. The summed E-state index contributed by atoms with van der Waals surface area (Å²) in [6.07, 6.45) is 0. The van der Waals surface area contributed by atoms with Crippen LogP contribution in [0, 0.1) is 0 Å². The summed E-state index contributed by atoms with van der Waals surface area (Å²) in [4.78, 5) is 24.4. The Kier molecular flexibility index (Phi) is 6.84. The maximum atomic E-state index is 12.4. The summed E-state index contributed by atoms with van der Waals surface area (Å²) in [5.74, 6) is 0.866. The van der Waals surface area contributed by atoms with Gasteiger partial charge < -0.3 is 20.1 Å². The third kappa shape index (κ3) is 6.10. The minimum absolute atomic E-state index is 0.0933. The maximum Gasteiger partial charge on any atom is 0.262 e. The number of nitrogens with one attached hydrogen (secondary N) is 2. The number of hydrogen-bond donors (Lipinski definition) is 2. The van der Waals surface area contributed by atoms with Gasteiger partial charge in [0.1, 0.15) is 11.5 Å². The van der Waals surface area contributed by atoms with Crippen LogP contribution in [-0.2, 0) is 4.79 Å². The molecule has 6 nitrogen and oxygen atoms in total. The van der Waals surface area contributed by atoms with Gasteiger partial charge in [0, 0.05) is 16.9 Å². The highest BCUT2D eigenvalue weighted by Gasteiger charge is 2.08. The van der Waals surface area contributed by atoms with Crippen LogP contribution < -0.4 is 20.1 Å². The molecule has 0 saturated carbocycles. The molecule has 0 aliphatic heterocycles. The fourth-order valence-electron chi connectivity index (χ4n) is 2.57. The smallest absolute Gasteiger partial charge is 0.262 e. The molecule has 0 fully saturated rings. The summed E-state index contributed by atoms with van der Waals surface area (Å²) in [6.45, 7) is 2.41. The van der Waals surface area contributed by atoms with Gasteiger partial charge in [0.25, 0.3) is 11.8 Å². The molecule has 0 heterocycles. The van der Waals surface area contributed by atoms with Crippen LogP contribution in [0.5, 0.6) is 11.5 Å². The van der Waals surface area contributed by atoms with Crippen LogP contribution in [0.3, 0.4) is 0 Å². The number of carbonyl (C=O) groups is 2. The zero-order valence-corrected chi connectivity index (χ0v) is 16.1. The zero-order valence-electron chi connectivity index (χ0n) is 16.1. The Morgan fingerprint density at radius 2 is 1.31 bits per heavy atom. The molecule has 0 aliphatic carbocycles. The van der Waals surface area contributed by atoms with Crippen LogP contribution >= 0.6 is 0 Å². The quantitative estimate of drug-likeness (QED) is 0.599. The topological polar surface area (TPSA) is 76.7 Å². The molecule has 0 unspecified atom stereocenters. The van der Waals surface area contributed by atoms with Crippen molar-refractivity contribution in [3.8, 4) is 11.5 Å². The van der Waals surface area contributed by atoms with E-state index in [1.54, 1.807) is 60.7 Å². The van der Waals surface area contributed by atoms with Crippen molar-refractivity contribution in [1.29, 1.82) is 0 Å². The lowest BCUT2D eigenvalue weighted by Gasteiger charge is -2.09. The number of benzene rings is 3. The Morgan fingerprint density at radius 1 is 0.724 bits per heavy atom. The summed E-state index contributed by atoms with van der Waals surface area (Å²) in [5, 5.41) is 5.56. The number of ether oxygens (including phenoxy) is 2. The second-order valence-electron chi connectivity index (χ2n) is 6.14. The molecule has 3 rings (SSSR count). The van der Waals surface area contributed by atoms with Crippen LogP contribution in [0.15, 0.2) is 78.9 Å². The second kappa shape index (κ2) is 9.94. The molecule has 0 aromatic heterocycles. The first-order valence-electron chi connectivity index (χ1n) is 9.26. The van der Waals surface area contributed by atoms with E-state index in [4.69, 9.17) is 9.47 Å². The number of rotatable bonds is 8. The highest BCUT2D eigenvalue weighted by Crippen LogP contribution is 2.17. The van der Waals surface area contributed by atoms with Crippen molar-refractivity contribution in [3.05, 3.63) is 84.4 Å². The number of anilines is 2. The van der Waals surface area contributed by atoms with Crippen molar-refractivity contribution in [2.75, 3.05) is 23.8 Å². The van der Waals surface area contributed by atoms with Gasteiger partial charge in [-0.05, 0) is 67.6 Å². The van der Waals surface area contributed by atoms with Crippen LogP contribution in [0.2, 0.25) is 0 Å². The zero-order chi connectivity index (χ0) is 20.5. The number of para-hydroxylation sites is 1. The van der Waals surface area contributed by atoms with Crippen LogP contribution in [-0.4, -0.2) is 25.0 Å². The van der Waals surface area contributed by atoms with Gasteiger partial charge in [-0.1, -0.05) is 18.2 Å². The maximum absolute atomic E-state index is 12.4. The van der Waals surface area contributed by atoms with Crippen molar-refractivity contribution in [2.45, 2.75) is 6.92 Å². The van der Waals surface area contributed by atoms with Gasteiger partial charge in [0.15, 0.2) is 6.61 Å². The first-order chi connectivity index (χ1) is 14.1. The van der Waals surface area contributed by atoms with Gasteiger partial charge in [-0.2, -0.15) is 0 Å². The normalized spacial score (nSPS) is 10.1. The van der Waals surface area contributed by atoms with Crippen molar-refractivity contribution < 1.29 is 19.1 Å². The van der Waals surface area contributed by atoms with E-state index in [0.717, 1.165) is 5.75 Å². The van der Waals surface area contributed by atoms with Crippen molar-refractivity contribution >= 4 is 23.2 Å². The Hall–Kier alpha value is -3.80. The standard InChI is InChI=1S/C23H22N2O4/c1-2-28-21-14-12-19(13-15-21)25-23(27)17-8-10-18(11-9-17)24-22(26)16-29-20-6-4-3-5-7-20/h3-15H,2,16H2,1H3,(H,24,26)(H,25,27). The minimum Gasteiger partial charge on any atom is -0.494 e. The summed E-state index contributed by atoms with van der Waals surface area (Å²) >= 11 is 0. The number of carbonyl (C=O) groups excluding carboxylic acids is 2. The summed E-state index contributed by atoms with van der Waals surface area (Å²) in [5.41, 5.74) is 1.75. The van der Waals surface area contributed by atoms with E-state index >= 15 is 0 Å². The lowest BCUT2D eigenvalue weighted by atomic mass is 10.2. The van der Waals surface area contributed by atoms with E-state index in [0.29, 0.717) is 29.3 Å². The lowest BCUT2D eigenvalue weighted by molar-refractivity contribution is -0.118. The lowest BCUT2D eigenvalue weighted by Crippen LogP contribution is -2.20. The molecule has 148 valence electrons. The Morgan fingerprint density at radius 3 is 1.97 bits per heavy atom. The van der Waals surface area contributed by atoms with Crippen LogP contribution in [0.4, 0.5) is 11.4 Å². The molecule has 3 aromatic rings. The molecule has 0 atom stereocenters. The summed E-state index contributed by atoms with van der Waals surface area (Å²) in [7, 11) is 0. The fraction of sp³-hybridized carbons (Fsp3) is 0.130. The molecule has 29 heavy (non-hydrogen) atoms. The SMILES string of the molecule is CCOc1ccc(NC(=O)c2ccc(NC(=O)COc3ccccc3)cc2)cc1. The molecular formula is C23H22N2O4. The molecule has 0 radical (unpaired) electrons. The monoisotopic (exact) mass is 390 g/mol. The average molecular weight is 390 g/mol. The minimum atomic E-state index is -0.277. The third-order valence-electron chi connectivity index (χ3n) is 3.97. The van der Waals surface area contributed by atoms with Gasteiger partial charge >= 0.3 is 0 Å². The molecule has 3 aromatic carbocycles. The van der Waals surface area contributed by atoms with E-state index < -0.39 is 0 Å². The first kappa shape index (κ1) is 19.9. The third-order valence-corrected chi connectivity index (χ3v) is 3.97. The fourth-order valence-corrected chi connectivity index (χ4v) is 2.57. The highest BCUT2D eigenvalue weighted by atomic mass is 16.5. The predicted molar refractivity (Wildman–Crippen MR) is 113 cm³/mol. The molecule has 2 N–H and O–H groups in total. The molecule has 0 saturated heterocycles. The Bertz CT molecular complexity index is 939. The van der Waals surface area contributed by atoms with Crippen molar-refractivity contribution in [3.63, 3.8) is 0 Å². The van der Waals surface area contributed by atoms with E-state index in [1.165, 1.54) is 0 Å². The van der Waals surface area contributed by atoms with Crippen LogP contribution in [0.25, 0.3) is 0 Å². The van der Waals surface area contributed by atoms with E-state index in [1.807, 2.05) is 25.1 Å². The molecule has 6 heteroatoms. The van der Waals surface area contributed by atoms with Gasteiger partial charge in [0.2, 0.25) is 0 Å². The Balaban J connectivity index is 1.51. The van der Waals surface area contributed by atoms with E-state index in [2.05, 4.69) is 10.6 Å². The molecular weight excluding hydrogens is 368 g/mol. The van der Waals surface area contributed by atoms with Gasteiger partial charge in [-0.3, -0.25) is 9.59 Å². The molecule has 2 amide bonds. The number of hydrogen-bond acceptors (Lipinski definition) is 4. The largest absolute Gasteiger partial charge is 0.494 e. The summed E-state index contributed by atoms with van der Waals surface area (Å²) in [6, 6.07) is 22.9. The number of amides is 2. The van der Waals surface area contributed by atoms with Crippen molar-refractivity contribution in [1.82, 2.24) is 0 Å². The molecule has 0 spiro atoms. The van der Waals surface area contributed by atoms with Gasteiger partial charge in [-0.15, -0.1) is 0 Å². The van der Waals surface area contributed by atoms with Gasteiger partial charge in [0.05, 0.1) is 6.61 Å². The highest BCUT2D eigenvalue weighted by molar-refractivity contribution is 6.04. The molecule has 0 bridgehead atoms. The van der Waals surface area contributed by atoms with Crippen LogP contribution in [0.1, 0.15) is 17.3 Å². The molecule has 0 aliphatic rings. The van der Waals surface area contributed by atoms with E-state index in [9.17, 15) is 9.59 Å². The first-order valence-corrected chi connectivity index (χ1v) is 9.26. The average Bonchev–Trinajstić information content (AvgIpc) is 2.75.